The van der Waals surface area contributed by atoms with Gasteiger partial charge in [-0.05, 0) is 13.8 Å². The molecular weight excluding hydrogens is 377 g/mol. The van der Waals surface area contributed by atoms with E-state index in [9.17, 15) is 4.57 Å². The number of rotatable bonds is 4. The van der Waals surface area contributed by atoms with Gasteiger partial charge in [0.25, 0.3) is 0 Å². The van der Waals surface area contributed by atoms with E-state index in [1.807, 2.05) is 6.92 Å². The Morgan fingerprint density at radius 2 is 2.19 bits per heavy atom. The molecule has 148 valence electrons. The third-order valence-electron chi connectivity index (χ3n) is 4.51. The Morgan fingerprint density at radius 1 is 1.41 bits per heavy atom. The maximum absolute atomic E-state index is 12.7. The molecule has 2 fully saturated rings. The zero-order chi connectivity index (χ0) is 19.3. The minimum atomic E-state index is -3.62. The third-order valence-corrected chi connectivity index (χ3v) is 6.16. The molecule has 0 spiro atoms. The number of phosphoric acid groups is 1. The van der Waals surface area contributed by atoms with Crippen molar-refractivity contribution in [2.45, 2.75) is 45.3 Å². The van der Waals surface area contributed by atoms with Crippen molar-refractivity contribution >= 4 is 24.9 Å². The topological polar surface area (TPSA) is 133 Å². The molecule has 0 radical (unpaired) electrons. The average Bonchev–Trinajstić information content (AvgIpc) is 3.14. The molecule has 2 saturated heterocycles. The molecule has 0 amide bonds. The lowest BCUT2D eigenvalue weighted by molar-refractivity contribution is -0.0733. The van der Waals surface area contributed by atoms with Gasteiger partial charge in [-0.2, -0.15) is 9.97 Å². The predicted octanol–water partition coefficient (Wildman–Crippen LogP) is 1.90. The number of hydrogen-bond donors (Lipinski definition) is 1. The molecule has 2 aliphatic rings. The van der Waals surface area contributed by atoms with Gasteiger partial charge in [0.2, 0.25) is 11.8 Å². The highest BCUT2D eigenvalue weighted by Gasteiger charge is 2.52. The van der Waals surface area contributed by atoms with E-state index in [1.165, 1.54) is 7.11 Å². The van der Waals surface area contributed by atoms with Crippen LogP contribution in [0.15, 0.2) is 6.33 Å². The number of phosphoric ester groups is 1. The first-order valence-corrected chi connectivity index (χ1v) is 10.1. The first-order valence-electron chi connectivity index (χ1n) is 8.62. The van der Waals surface area contributed by atoms with Crippen molar-refractivity contribution < 1.29 is 27.6 Å². The number of imidazole rings is 1. The van der Waals surface area contributed by atoms with Gasteiger partial charge < -0.3 is 15.2 Å². The highest BCUT2D eigenvalue weighted by Crippen LogP contribution is 2.58. The average molecular weight is 399 g/mol. The van der Waals surface area contributed by atoms with E-state index in [1.54, 1.807) is 24.7 Å². The Kier molecular flexibility index (Phi) is 4.59. The van der Waals surface area contributed by atoms with Crippen LogP contribution in [-0.4, -0.2) is 51.5 Å². The summed E-state index contributed by atoms with van der Waals surface area (Å²) in [6.07, 6.45) is 0.00203. The second kappa shape index (κ2) is 6.68. The van der Waals surface area contributed by atoms with Crippen LogP contribution in [0.25, 0.3) is 11.2 Å². The number of nitrogen functional groups attached to an aromatic ring is 1. The number of nitrogens with two attached hydrogens (primary N) is 1. The van der Waals surface area contributed by atoms with Crippen molar-refractivity contribution in [1.29, 1.82) is 0 Å². The summed E-state index contributed by atoms with van der Waals surface area (Å²) < 4.78 is 42.1. The van der Waals surface area contributed by atoms with Crippen molar-refractivity contribution in [2.24, 2.45) is 5.92 Å². The van der Waals surface area contributed by atoms with E-state index in [-0.39, 0.29) is 36.6 Å². The standard InChI is InChI=1S/C15H22N5O6P/c1-7(2)25-27(21)23-5-9-11(26-27)8(3)14(24-9)20-6-17-10-12(20)18-15(16)19-13(10)22-4/h6-9,11,14H,5H2,1-4H3,(H2,16,18,19). The number of methoxy groups -OCH3 is 1. The summed E-state index contributed by atoms with van der Waals surface area (Å²) in [7, 11) is -2.13. The molecule has 2 aliphatic heterocycles. The molecule has 27 heavy (non-hydrogen) atoms. The molecule has 0 aliphatic carbocycles. The molecule has 2 aromatic rings. The second-order valence-electron chi connectivity index (χ2n) is 6.81. The van der Waals surface area contributed by atoms with Crippen LogP contribution in [0, 0.1) is 5.92 Å². The minimum absolute atomic E-state index is 0.0681. The van der Waals surface area contributed by atoms with Gasteiger partial charge in [-0.1, -0.05) is 6.92 Å². The summed E-state index contributed by atoms with van der Waals surface area (Å²) in [5, 5.41) is 0. The highest BCUT2D eigenvalue weighted by molar-refractivity contribution is 7.48. The molecule has 12 heteroatoms. The van der Waals surface area contributed by atoms with Crippen LogP contribution < -0.4 is 10.5 Å². The van der Waals surface area contributed by atoms with Gasteiger partial charge >= 0.3 is 7.82 Å². The zero-order valence-corrected chi connectivity index (χ0v) is 16.3. The Hall–Kier alpha value is -1.78. The molecule has 11 nitrogen and oxygen atoms in total. The summed E-state index contributed by atoms with van der Waals surface area (Å²) in [4.78, 5) is 12.6. The van der Waals surface area contributed by atoms with Crippen LogP contribution >= 0.6 is 7.82 Å². The molecule has 5 atom stereocenters. The van der Waals surface area contributed by atoms with E-state index in [2.05, 4.69) is 15.0 Å². The molecule has 2 N–H and O–H groups in total. The number of hydrogen-bond acceptors (Lipinski definition) is 10. The first kappa shape index (κ1) is 18.6. The molecule has 0 aromatic carbocycles. The van der Waals surface area contributed by atoms with Crippen molar-refractivity contribution in [2.75, 3.05) is 19.5 Å². The maximum Gasteiger partial charge on any atom is 0.475 e. The van der Waals surface area contributed by atoms with Gasteiger partial charge in [0.15, 0.2) is 11.2 Å². The van der Waals surface area contributed by atoms with Gasteiger partial charge in [0.05, 0.1) is 26.1 Å². The van der Waals surface area contributed by atoms with Crippen molar-refractivity contribution in [3.8, 4) is 5.88 Å². The van der Waals surface area contributed by atoms with Crippen LogP contribution in [0.2, 0.25) is 0 Å². The Labute approximate surface area is 155 Å². The van der Waals surface area contributed by atoms with Crippen molar-refractivity contribution in [3.05, 3.63) is 6.33 Å². The number of nitrogens with zero attached hydrogens (tertiary/aromatic N) is 4. The van der Waals surface area contributed by atoms with Crippen molar-refractivity contribution in [1.82, 2.24) is 19.5 Å². The lowest BCUT2D eigenvalue weighted by Gasteiger charge is -2.32. The fourth-order valence-electron chi connectivity index (χ4n) is 3.39. The summed E-state index contributed by atoms with van der Waals surface area (Å²) in [5.74, 6) is 0.190. The third kappa shape index (κ3) is 3.19. The number of ether oxygens (including phenoxy) is 2. The predicted molar refractivity (Wildman–Crippen MR) is 94.0 cm³/mol. The van der Waals surface area contributed by atoms with Crippen LogP contribution in [0.5, 0.6) is 5.88 Å². The highest BCUT2D eigenvalue weighted by atomic mass is 31.2. The van der Waals surface area contributed by atoms with Crippen LogP contribution in [0.4, 0.5) is 5.95 Å². The molecule has 5 unspecified atom stereocenters. The maximum atomic E-state index is 12.7. The number of anilines is 1. The van der Waals surface area contributed by atoms with E-state index >= 15 is 0 Å². The SMILES string of the molecule is COc1nc(N)nc2c1ncn2C1OC2COP(=O)(OC(C)C)OC2C1C. The minimum Gasteiger partial charge on any atom is -0.479 e. The Bertz CT molecular complexity index is 904. The molecule has 0 saturated carbocycles. The van der Waals surface area contributed by atoms with Gasteiger partial charge in [-0.25, -0.2) is 9.55 Å². The Balaban J connectivity index is 1.65. The summed E-state index contributed by atoms with van der Waals surface area (Å²) in [5.41, 5.74) is 6.74. The normalized spacial score (nSPS) is 33.5. The van der Waals surface area contributed by atoms with E-state index in [4.69, 9.17) is 28.8 Å². The number of aromatic nitrogens is 4. The van der Waals surface area contributed by atoms with Gasteiger partial charge in [-0.15, -0.1) is 0 Å². The van der Waals surface area contributed by atoms with E-state index in [0.29, 0.717) is 11.2 Å². The zero-order valence-electron chi connectivity index (χ0n) is 15.4. The lowest BCUT2D eigenvalue weighted by atomic mass is 10.0. The van der Waals surface area contributed by atoms with Crippen molar-refractivity contribution in [3.63, 3.8) is 0 Å². The largest absolute Gasteiger partial charge is 0.479 e. The van der Waals surface area contributed by atoms with Crippen LogP contribution in [0.1, 0.15) is 27.0 Å². The van der Waals surface area contributed by atoms with E-state index < -0.39 is 20.2 Å². The summed E-state index contributed by atoms with van der Waals surface area (Å²) >= 11 is 0. The molecule has 4 heterocycles. The second-order valence-corrected chi connectivity index (χ2v) is 8.38. The van der Waals surface area contributed by atoms with Gasteiger partial charge in [0.1, 0.15) is 18.4 Å². The quantitative estimate of drug-likeness (QED) is 0.760. The number of fused-ring (bicyclic) bond motifs is 2. The summed E-state index contributed by atoms with van der Waals surface area (Å²) in [6, 6.07) is 0. The van der Waals surface area contributed by atoms with Crippen LogP contribution in [0.3, 0.4) is 0 Å². The Morgan fingerprint density at radius 3 is 2.89 bits per heavy atom. The monoisotopic (exact) mass is 399 g/mol. The summed E-state index contributed by atoms with van der Waals surface area (Å²) in [6.45, 7) is 5.59. The fourth-order valence-corrected chi connectivity index (χ4v) is 5.03. The lowest BCUT2D eigenvalue weighted by Crippen LogP contribution is -2.36. The molecule has 4 rings (SSSR count). The van der Waals surface area contributed by atoms with Gasteiger partial charge in [0, 0.05) is 5.92 Å². The van der Waals surface area contributed by atoms with Crippen LogP contribution in [-0.2, 0) is 22.9 Å². The van der Waals surface area contributed by atoms with E-state index in [0.717, 1.165) is 0 Å². The molecule has 2 aromatic heterocycles. The molecular formula is C15H22N5O6P. The van der Waals surface area contributed by atoms with Gasteiger partial charge in [-0.3, -0.25) is 18.1 Å². The first-order chi connectivity index (χ1) is 12.8. The molecule has 0 bridgehead atoms. The smallest absolute Gasteiger partial charge is 0.475 e. The fraction of sp³-hybridized carbons (Fsp3) is 0.667.